The van der Waals surface area contributed by atoms with E-state index in [-0.39, 0.29) is 10.8 Å². The van der Waals surface area contributed by atoms with Crippen LogP contribution in [-0.2, 0) is 10.1 Å². The molecule has 8 heteroatoms. The summed E-state index contributed by atoms with van der Waals surface area (Å²) in [5.41, 5.74) is 1.90. The summed E-state index contributed by atoms with van der Waals surface area (Å²) in [5.74, 6) is -0.544. The fourth-order valence-electron chi connectivity index (χ4n) is 2.70. The Labute approximate surface area is 172 Å². The molecule has 0 atom stereocenters. The molecule has 146 valence electrons. The van der Waals surface area contributed by atoms with Crippen LogP contribution in [0.5, 0.6) is 5.88 Å². The van der Waals surface area contributed by atoms with E-state index in [2.05, 4.69) is 5.10 Å². The summed E-state index contributed by atoms with van der Waals surface area (Å²) in [5, 5.41) is 5.03. The Morgan fingerprint density at radius 3 is 2.21 bits per heavy atom. The van der Waals surface area contributed by atoms with Crippen molar-refractivity contribution < 1.29 is 17.0 Å². The third kappa shape index (κ3) is 4.16. The van der Waals surface area contributed by atoms with Crippen LogP contribution in [0.1, 0.15) is 0 Å². The Morgan fingerprint density at radius 1 is 0.897 bits per heavy atom. The third-order valence-electron chi connectivity index (χ3n) is 4.11. The minimum atomic E-state index is -4.19. The van der Waals surface area contributed by atoms with Crippen molar-refractivity contribution >= 4 is 21.7 Å². The second kappa shape index (κ2) is 7.69. The molecule has 0 fully saturated rings. The predicted octanol–water partition coefficient (Wildman–Crippen LogP) is 5.10. The topological polar surface area (TPSA) is 61.2 Å². The molecule has 0 aliphatic rings. The Morgan fingerprint density at radius 2 is 1.55 bits per heavy atom. The summed E-state index contributed by atoms with van der Waals surface area (Å²) in [7, 11) is -4.19. The van der Waals surface area contributed by atoms with E-state index in [1.807, 2.05) is 30.3 Å². The van der Waals surface area contributed by atoms with E-state index in [9.17, 15) is 12.8 Å². The zero-order valence-electron chi connectivity index (χ0n) is 14.9. The Balaban J connectivity index is 1.79. The first kappa shape index (κ1) is 19.2. The van der Waals surface area contributed by atoms with Gasteiger partial charge < -0.3 is 4.18 Å². The molecule has 0 aliphatic heterocycles. The number of benzene rings is 3. The minimum Gasteiger partial charge on any atom is -0.358 e. The molecule has 0 spiro atoms. The van der Waals surface area contributed by atoms with Crippen molar-refractivity contribution in [3.8, 4) is 22.8 Å². The fraction of sp³-hybridized carbons (Fsp3) is 0. The molecule has 0 aliphatic carbocycles. The quantitative estimate of drug-likeness (QED) is 0.415. The van der Waals surface area contributed by atoms with Crippen molar-refractivity contribution in [3.05, 3.63) is 95.8 Å². The van der Waals surface area contributed by atoms with Crippen molar-refractivity contribution in [2.75, 3.05) is 0 Å². The lowest BCUT2D eigenvalue weighted by Crippen LogP contribution is -2.12. The molecule has 0 saturated carbocycles. The molecule has 0 amide bonds. The number of aromatic nitrogens is 2. The Kier molecular flexibility index (Phi) is 5.08. The normalized spacial score (nSPS) is 11.4. The summed E-state index contributed by atoms with van der Waals surface area (Å²) >= 11 is 5.95. The number of rotatable bonds is 5. The highest BCUT2D eigenvalue weighted by Gasteiger charge is 2.22. The molecule has 1 aromatic heterocycles. The first-order valence-corrected chi connectivity index (χ1v) is 10.3. The molecule has 0 unspecified atom stereocenters. The van der Waals surface area contributed by atoms with Gasteiger partial charge in [-0.2, -0.15) is 18.2 Å². The minimum absolute atomic E-state index is 0.00417. The van der Waals surface area contributed by atoms with E-state index in [0.717, 1.165) is 29.8 Å². The highest BCUT2D eigenvalue weighted by Crippen LogP contribution is 2.29. The van der Waals surface area contributed by atoms with Crippen LogP contribution in [0.2, 0.25) is 5.02 Å². The van der Waals surface area contributed by atoms with Crippen LogP contribution in [-0.4, -0.2) is 18.2 Å². The van der Waals surface area contributed by atoms with Gasteiger partial charge in [-0.1, -0.05) is 41.9 Å². The fourth-order valence-corrected chi connectivity index (χ4v) is 3.74. The number of nitrogens with zero attached hydrogens (tertiary/aromatic N) is 2. The van der Waals surface area contributed by atoms with E-state index < -0.39 is 15.9 Å². The van der Waals surface area contributed by atoms with Gasteiger partial charge in [0.2, 0.25) is 5.88 Å². The standard InChI is InChI=1S/C21H14ClFN2O3S/c22-16-6-10-18(11-7-16)25-21(14-20(24-25)15-4-2-1-3-5-15)28-29(26,27)19-12-8-17(23)9-13-19/h1-14H. The maximum absolute atomic E-state index is 13.2. The van der Waals surface area contributed by atoms with Gasteiger partial charge in [0.15, 0.2) is 0 Å². The molecule has 0 N–H and O–H groups in total. The molecule has 4 rings (SSSR count). The number of halogens is 2. The molecule has 4 aromatic rings. The molecule has 0 radical (unpaired) electrons. The largest absolute Gasteiger partial charge is 0.358 e. The van der Waals surface area contributed by atoms with Crippen LogP contribution < -0.4 is 4.18 Å². The maximum Gasteiger partial charge on any atom is 0.340 e. The average Bonchev–Trinajstić information content (AvgIpc) is 3.12. The predicted molar refractivity (Wildman–Crippen MR) is 108 cm³/mol. The van der Waals surface area contributed by atoms with E-state index >= 15 is 0 Å². The molecule has 0 saturated heterocycles. The number of hydrogen-bond donors (Lipinski definition) is 0. The first-order chi connectivity index (χ1) is 13.9. The third-order valence-corrected chi connectivity index (χ3v) is 5.61. The van der Waals surface area contributed by atoms with Gasteiger partial charge in [0.25, 0.3) is 0 Å². The highest BCUT2D eigenvalue weighted by molar-refractivity contribution is 7.87. The van der Waals surface area contributed by atoms with Gasteiger partial charge in [-0.25, -0.2) is 4.39 Å². The molecular formula is C21H14ClFN2O3S. The van der Waals surface area contributed by atoms with E-state index in [0.29, 0.717) is 16.4 Å². The molecule has 5 nitrogen and oxygen atoms in total. The van der Waals surface area contributed by atoms with Gasteiger partial charge in [0.05, 0.1) is 11.4 Å². The van der Waals surface area contributed by atoms with Crippen molar-refractivity contribution in [2.24, 2.45) is 0 Å². The molecule has 0 bridgehead atoms. The lowest BCUT2D eigenvalue weighted by Gasteiger charge is -2.09. The van der Waals surface area contributed by atoms with Crippen molar-refractivity contribution in [1.82, 2.24) is 9.78 Å². The van der Waals surface area contributed by atoms with Crippen LogP contribution in [0.25, 0.3) is 16.9 Å². The zero-order valence-corrected chi connectivity index (χ0v) is 16.4. The van der Waals surface area contributed by atoms with Gasteiger partial charge in [-0.3, -0.25) is 0 Å². The molecule has 3 aromatic carbocycles. The highest BCUT2D eigenvalue weighted by atomic mass is 35.5. The second-order valence-electron chi connectivity index (χ2n) is 6.11. The smallest absolute Gasteiger partial charge is 0.340 e. The zero-order chi connectivity index (χ0) is 20.4. The summed E-state index contributed by atoms with van der Waals surface area (Å²) in [6.45, 7) is 0. The summed E-state index contributed by atoms with van der Waals surface area (Å²) in [6.07, 6.45) is 0. The van der Waals surface area contributed by atoms with Crippen LogP contribution in [0, 0.1) is 5.82 Å². The average molecular weight is 429 g/mol. The lowest BCUT2D eigenvalue weighted by molar-refractivity contribution is 0.465. The van der Waals surface area contributed by atoms with Crippen LogP contribution in [0.15, 0.2) is 89.8 Å². The second-order valence-corrected chi connectivity index (χ2v) is 8.10. The Bertz CT molecular complexity index is 1240. The molecule has 29 heavy (non-hydrogen) atoms. The molecular weight excluding hydrogens is 415 g/mol. The summed E-state index contributed by atoms with van der Waals surface area (Å²) in [4.78, 5) is -0.163. The van der Waals surface area contributed by atoms with Crippen molar-refractivity contribution in [2.45, 2.75) is 4.90 Å². The van der Waals surface area contributed by atoms with Crippen LogP contribution in [0.3, 0.4) is 0 Å². The van der Waals surface area contributed by atoms with Crippen LogP contribution in [0.4, 0.5) is 4.39 Å². The Hall–Kier alpha value is -3.16. The SMILES string of the molecule is O=S(=O)(Oc1cc(-c2ccccc2)nn1-c1ccc(Cl)cc1)c1ccc(F)cc1. The summed E-state index contributed by atoms with van der Waals surface area (Å²) < 4.78 is 45.3. The van der Waals surface area contributed by atoms with Gasteiger partial charge in [0.1, 0.15) is 10.7 Å². The molecule has 1 heterocycles. The van der Waals surface area contributed by atoms with Gasteiger partial charge >= 0.3 is 10.1 Å². The van der Waals surface area contributed by atoms with E-state index in [1.54, 1.807) is 24.3 Å². The lowest BCUT2D eigenvalue weighted by atomic mass is 10.2. The monoisotopic (exact) mass is 428 g/mol. The van der Waals surface area contributed by atoms with E-state index in [4.69, 9.17) is 15.8 Å². The van der Waals surface area contributed by atoms with Crippen LogP contribution >= 0.6 is 11.6 Å². The number of hydrogen-bond acceptors (Lipinski definition) is 4. The van der Waals surface area contributed by atoms with Gasteiger partial charge in [-0.05, 0) is 48.5 Å². The van der Waals surface area contributed by atoms with Crippen molar-refractivity contribution in [3.63, 3.8) is 0 Å². The van der Waals surface area contributed by atoms with E-state index in [1.165, 1.54) is 10.7 Å². The first-order valence-electron chi connectivity index (χ1n) is 8.54. The van der Waals surface area contributed by atoms with Crippen molar-refractivity contribution in [1.29, 1.82) is 0 Å². The van der Waals surface area contributed by atoms with Gasteiger partial charge in [-0.15, -0.1) is 0 Å². The maximum atomic E-state index is 13.2. The van der Waals surface area contributed by atoms with Gasteiger partial charge in [0, 0.05) is 16.7 Å². The summed E-state index contributed by atoms with van der Waals surface area (Å²) in [6, 6.07) is 21.9.